The molecule has 2 rings (SSSR count). The number of aromatic nitrogens is 1. The van der Waals surface area contributed by atoms with E-state index in [9.17, 15) is 0 Å². The summed E-state index contributed by atoms with van der Waals surface area (Å²) >= 11 is 0. The Hall–Kier alpha value is -1.89. The van der Waals surface area contributed by atoms with Crippen LogP contribution in [0.5, 0.6) is 0 Å². The average Bonchev–Trinajstić information content (AvgIpc) is 2.38. The molecule has 1 aromatic carbocycles. The van der Waals surface area contributed by atoms with E-state index in [4.69, 9.17) is 0 Å². The van der Waals surface area contributed by atoms with E-state index in [-0.39, 0.29) is 0 Å². The van der Waals surface area contributed by atoms with Crippen LogP contribution in [-0.2, 0) is 0 Å². The Balaban J connectivity index is 2.35. The molecule has 0 aliphatic carbocycles. The number of nitrogens with zero attached hydrogens (tertiary/aromatic N) is 1. The highest BCUT2D eigenvalue weighted by atomic mass is 14.7. The lowest BCUT2D eigenvalue weighted by atomic mass is 9.92. The maximum atomic E-state index is 4.43. The molecule has 1 aromatic heterocycles. The number of hydrogen-bond acceptors (Lipinski definition) is 1. The summed E-state index contributed by atoms with van der Waals surface area (Å²) in [6.07, 6.45) is 4.71. The number of benzene rings is 1. The first-order valence-electron chi connectivity index (χ1n) is 5.48. The molecular formula is C15H15N. The third-order valence-electron chi connectivity index (χ3n) is 2.65. The van der Waals surface area contributed by atoms with Gasteiger partial charge in [-0.15, -0.1) is 6.58 Å². The van der Waals surface area contributed by atoms with E-state index in [1.54, 1.807) is 0 Å². The first-order valence-corrected chi connectivity index (χ1v) is 5.48. The summed E-state index contributed by atoms with van der Waals surface area (Å²) in [5.74, 6) is 0.319. The van der Waals surface area contributed by atoms with Crippen molar-refractivity contribution in [3.8, 4) is 0 Å². The van der Waals surface area contributed by atoms with Gasteiger partial charge in [0, 0.05) is 17.8 Å². The first kappa shape index (κ1) is 10.6. The Morgan fingerprint density at radius 1 is 1.06 bits per heavy atom. The Labute approximate surface area is 96.5 Å². The quantitative estimate of drug-likeness (QED) is 0.698. The third-order valence-corrected chi connectivity index (χ3v) is 2.65. The Morgan fingerprint density at radius 2 is 1.81 bits per heavy atom. The molecule has 0 saturated carbocycles. The van der Waals surface area contributed by atoms with Gasteiger partial charge >= 0.3 is 0 Å². The zero-order valence-corrected chi connectivity index (χ0v) is 9.21. The first-order chi connectivity index (χ1) is 7.92. The Morgan fingerprint density at radius 3 is 2.44 bits per heavy atom. The van der Waals surface area contributed by atoms with Crippen LogP contribution in [0, 0.1) is 0 Å². The molecule has 1 heteroatoms. The monoisotopic (exact) mass is 209 g/mol. The number of allylic oxidation sites excluding steroid dienone is 1. The predicted molar refractivity (Wildman–Crippen MR) is 67.3 cm³/mol. The fourth-order valence-corrected chi connectivity index (χ4v) is 1.86. The van der Waals surface area contributed by atoms with Crippen LogP contribution in [0.15, 0.2) is 67.4 Å². The summed E-state index contributed by atoms with van der Waals surface area (Å²) in [6, 6.07) is 16.5. The molecule has 1 nitrogen and oxygen atoms in total. The van der Waals surface area contributed by atoms with Crippen LogP contribution in [0.3, 0.4) is 0 Å². The van der Waals surface area contributed by atoms with E-state index in [1.807, 2.05) is 30.5 Å². The number of hydrogen-bond donors (Lipinski definition) is 0. The fraction of sp³-hybridized carbons (Fsp3) is 0.133. The molecule has 0 radical (unpaired) electrons. The van der Waals surface area contributed by atoms with Gasteiger partial charge in [-0.2, -0.15) is 0 Å². The molecule has 0 aliphatic heterocycles. The van der Waals surface area contributed by atoms with Crippen molar-refractivity contribution < 1.29 is 0 Å². The van der Waals surface area contributed by atoms with Crippen LogP contribution in [0.4, 0.5) is 0 Å². The second kappa shape index (κ2) is 5.26. The minimum Gasteiger partial charge on any atom is -0.261 e. The van der Waals surface area contributed by atoms with Crippen molar-refractivity contribution in [3.05, 3.63) is 78.6 Å². The molecule has 1 atom stereocenters. The molecule has 80 valence electrons. The number of rotatable bonds is 4. The predicted octanol–water partition coefficient (Wildman–Crippen LogP) is 3.79. The van der Waals surface area contributed by atoms with Gasteiger partial charge in [0.15, 0.2) is 0 Å². The smallest absolute Gasteiger partial charge is 0.0481 e. The second-order valence-corrected chi connectivity index (χ2v) is 3.74. The van der Waals surface area contributed by atoms with Gasteiger partial charge in [0.2, 0.25) is 0 Å². The molecule has 16 heavy (non-hydrogen) atoms. The summed E-state index contributed by atoms with van der Waals surface area (Å²) in [5, 5.41) is 0. The highest BCUT2D eigenvalue weighted by Gasteiger charge is 2.12. The minimum absolute atomic E-state index is 0.319. The lowest BCUT2D eigenvalue weighted by molar-refractivity contribution is 0.795. The van der Waals surface area contributed by atoms with Crippen molar-refractivity contribution >= 4 is 0 Å². The highest BCUT2D eigenvalue weighted by molar-refractivity contribution is 5.28. The fourth-order valence-electron chi connectivity index (χ4n) is 1.86. The zero-order valence-electron chi connectivity index (χ0n) is 9.21. The van der Waals surface area contributed by atoms with Gasteiger partial charge < -0.3 is 0 Å². The summed E-state index contributed by atoms with van der Waals surface area (Å²) in [4.78, 5) is 4.43. The number of pyridine rings is 1. The lowest BCUT2D eigenvalue weighted by Gasteiger charge is -2.14. The van der Waals surface area contributed by atoms with Crippen molar-refractivity contribution in [2.75, 3.05) is 0 Å². The summed E-state index contributed by atoms with van der Waals surface area (Å²) in [5.41, 5.74) is 2.40. The van der Waals surface area contributed by atoms with E-state index in [0.29, 0.717) is 5.92 Å². The molecule has 0 saturated heterocycles. The third kappa shape index (κ3) is 2.37. The minimum atomic E-state index is 0.319. The van der Waals surface area contributed by atoms with Crippen molar-refractivity contribution in [2.24, 2.45) is 0 Å². The highest BCUT2D eigenvalue weighted by Crippen LogP contribution is 2.26. The van der Waals surface area contributed by atoms with Crippen molar-refractivity contribution in [1.29, 1.82) is 0 Å². The van der Waals surface area contributed by atoms with Gasteiger partial charge in [-0.05, 0) is 24.1 Å². The van der Waals surface area contributed by atoms with Gasteiger partial charge in [0.1, 0.15) is 0 Å². The molecule has 0 aliphatic rings. The SMILES string of the molecule is C=CC[C@H](c1ccccc1)c1ccccn1. The molecule has 2 aromatic rings. The molecule has 0 amide bonds. The van der Waals surface area contributed by atoms with Crippen LogP contribution in [0.2, 0.25) is 0 Å². The van der Waals surface area contributed by atoms with Gasteiger partial charge in [0.25, 0.3) is 0 Å². The lowest BCUT2D eigenvalue weighted by Crippen LogP contribution is -2.01. The average molecular weight is 209 g/mol. The van der Waals surface area contributed by atoms with E-state index >= 15 is 0 Å². The van der Waals surface area contributed by atoms with Crippen LogP contribution in [0.1, 0.15) is 23.6 Å². The van der Waals surface area contributed by atoms with E-state index in [1.165, 1.54) is 5.56 Å². The van der Waals surface area contributed by atoms with Crippen LogP contribution in [-0.4, -0.2) is 4.98 Å². The van der Waals surface area contributed by atoms with Crippen LogP contribution < -0.4 is 0 Å². The van der Waals surface area contributed by atoms with E-state index < -0.39 is 0 Å². The standard InChI is InChI=1S/C15H15N/c1-2-8-14(13-9-4-3-5-10-13)15-11-6-7-12-16-15/h2-7,9-12,14H,1,8H2/t14-/m1/s1. The maximum absolute atomic E-state index is 4.43. The molecule has 0 unspecified atom stereocenters. The molecule has 0 bridgehead atoms. The van der Waals surface area contributed by atoms with E-state index in [0.717, 1.165) is 12.1 Å². The van der Waals surface area contributed by atoms with Gasteiger partial charge in [-0.3, -0.25) is 4.98 Å². The van der Waals surface area contributed by atoms with Crippen molar-refractivity contribution in [2.45, 2.75) is 12.3 Å². The van der Waals surface area contributed by atoms with E-state index in [2.05, 4.69) is 41.9 Å². The largest absolute Gasteiger partial charge is 0.261 e. The van der Waals surface area contributed by atoms with Crippen LogP contribution in [0.25, 0.3) is 0 Å². The summed E-state index contributed by atoms with van der Waals surface area (Å²) < 4.78 is 0. The van der Waals surface area contributed by atoms with Gasteiger partial charge in [-0.25, -0.2) is 0 Å². The Kier molecular flexibility index (Phi) is 3.50. The van der Waals surface area contributed by atoms with Gasteiger partial charge in [-0.1, -0.05) is 42.5 Å². The van der Waals surface area contributed by atoms with Gasteiger partial charge in [0.05, 0.1) is 0 Å². The maximum Gasteiger partial charge on any atom is 0.0481 e. The molecule has 0 fully saturated rings. The molecular weight excluding hydrogens is 194 g/mol. The molecule has 1 heterocycles. The second-order valence-electron chi connectivity index (χ2n) is 3.74. The Bertz CT molecular complexity index is 394. The topological polar surface area (TPSA) is 12.9 Å². The molecule has 0 spiro atoms. The molecule has 0 N–H and O–H groups in total. The zero-order chi connectivity index (χ0) is 11.2. The summed E-state index contributed by atoms with van der Waals surface area (Å²) in [7, 11) is 0. The van der Waals surface area contributed by atoms with Crippen molar-refractivity contribution in [1.82, 2.24) is 4.98 Å². The summed E-state index contributed by atoms with van der Waals surface area (Å²) in [6.45, 7) is 3.82. The van der Waals surface area contributed by atoms with Crippen molar-refractivity contribution in [3.63, 3.8) is 0 Å². The van der Waals surface area contributed by atoms with Crippen LogP contribution >= 0.6 is 0 Å². The normalized spacial score (nSPS) is 12.0.